The average molecular weight is 1090 g/mol. The highest BCUT2D eigenvalue weighted by atomic mass is 31.2. The van der Waals surface area contributed by atoms with Gasteiger partial charge in [-0.05, 0) is 51.4 Å². The molecule has 0 radical (unpaired) electrons. The van der Waals surface area contributed by atoms with Gasteiger partial charge >= 0.3 is 7.82 Å². The second kappa shape index (κ2) is 58.4. The number of aliphatic hydroxyl groups excluding tert-OH is 1. The van der Waals surface area contributed by atoms with Gasteiger partial charge in [-0.2, -0.15) is 0 Å². The van der Waals surface area contributed by atoms with Crippen LogP contribution in [0.25, 0.3) is 0 Å². The molecule has 3 atom stereocenters. The zero-order valence-corrected chi connectivity index (χ0v) is 52.4. The van der Waals surface area contributed by atoms with Gasteiger partial charge in [0.25, 0.3) is 0 Å². The van der Waals surface area contributed by atoms with Gasteiger partial charge in [-0.15, -0.1) is 0 Å². The van der Waals surface area contributed by atoms with E-state index in [-0.39, 0.29) is 19.1 Å². The number of phosphoric ester groups is 1. The van der Waals surface area contributed by atoms with Gasteiger partial charge in [0.2, 0.25) is 5.91 Å². The van der Waals surface area contributed by atoms with E-state index < -0.39 is 20.0 Å². The van der Waals surface area contributed by atoms with Gasteiger partial charge in [0.05, 0.1) is 39.9 Å². The first-order valence-electron chi connectivity index (χ1n) is 33.4. The van der Waals surface area contributed by atoms with Gasteiger partial charge < -0.3 is 19.8 Å². The molecule has 9 heteroatoms. The zero-order chi connectivity index (χ0) is 55.6. The molecule has 0 aromatic heterocycles. The minimum Gasteiger partial charge on any atom is -0.387 e. The summed E-state index contributed by atoms with van der Waals surface area (Å²) in [5.41, 5.74) is 0. The third-order valence-electron chi connectivity index (χ3n) is 15.4. The molecule has 0 bridgehead atoms. The highest BCUT2D eigenvalue weighted by molar-refractivity contribution is 7.47. The smallest absolute Gasteiger partial charge is 0.387 e. The molecule has 0 spiro atoms. The first-order valence-corrected chi connectivity index (χ1v) is 34.9. The molecule has 0 aromatic carbocycles. The second-order valence-corrected chi connectivity index (χ2v) is 25.7. The van der Waals surface area contributed by atoms with Gasteiger partial charge in [-0.1, -0.05) is 314 Å². The van der Waals surface area contributed by atoms with E-state index in [0.29, 0.717) is 17.4 Å². The van der Waals surface area contributed by atoms with Crippen LogP contribution in [0, 0.1) is 0 Å². The summed E-state index contributed by atoms with van der Waals surface area (Å²) in [6.45, 7) is 4.86. The molecule has 0 aliphatic heterocycles. The van der Waals surface area contributed by atoms with Crippen molar-refractivity contribution < 1.29 is 32.9 Å². The van der Waals surface area contributed by atoms with Crippen LogP contribution in [-0.4, -0.2) is 73.4 Å². The van der Waals surface area contributed by atoms with Crippen LogP contribution < -0.4 is 5.32 Å². The Morgan fingerprint density at radius 1 is 0.447 bits per heavy atom. The quantitative estimate of drug-likeness (QED) is 0.0243. The van der Waals surface area contributed by atoms with E-state index in [4.69, 9.17) is 9.05 Å². The van der Waals surface area contributed by atoms with Gasteiger partial charge in [-0.3, -0.25) is 13.8 Å². The van der Waals surface area contributed by atoms with Crippen molar-refractivity contribution in [1.29, 1.82) is 0 Å². The minimum absolute atomic E-state index is 0.0635. The number of unbranched alkanes of at least 4 members (excludes halogenated alkanes) is 45. The van der Waals surface area contributed by atoms with Crippen molar-refractivity contribution in [2.24, 2.45) is 0 Å². The number of allylic oxidation sites excluding steroid dienone is 5. The van der Waals surface area contributed by atoms with E-state index in [1.54, 1.807) is 6.08 Å². The lowest BCUT2D eigenvalue weighted by molar-refractivity contribution is -0.870. The van der Waals surface area contributed by atoms with Crippen LogP contribution in [0.4, 0.5) is 0 Å². The molecular weight excluding hydrogens is 960 g/mol. The number of nitrogens with one attached hydrogen (secondary N) is 1. The summed E-state index contributed by atoms with van der Waals surface area (Å²) in [6, 6.07) is -0.846. The number of hydrogen-bond donors (Lipinski definition) is 3. The van der Waals surface area contributed by atoms with Crippen molar-refractivity contribution in [2.75, 3.05) is 40.9 Å². The van der Waals surface area contributed by atoms with Crippen molar-refractivity contribution in [3.05, 3.63) is 36.5 Å². The first-order chi connectivity index (χ1) is 37.0. The molecule has 0 rings (SSSR count). The Hall–Kier alpha value is -1.28. The van der Waals surface area contributed by atoms with Gasteiger partial charge in [0, 0.05) is 6.42 Å². The summed E-state index contributed by atoms with van der Waals surface area (Å²) in [4.78, 5) is 23.4. The Kier molecular flexibility index (Phi) is 57.4. The van der Waals surface area contributed by atoms with Crippen LogP contribution in [-0.2, 0) is 18.4 Å². The number of aliphatic hydroxyl groups is 1. The maximum Gasteiger partial charge on any atom is 0.472 e. The lowest BCUT2D eigenvalue weighted by atomic mass is 10.0. The van der Waals surface area contributed by atoms with Gasteiger partial charge in [-0.25, -0.2) is 4.57 Å². The number of amides is 1. The predicted octanol–water partition coefficient (Wildman–Crippen LogP) is 20.9. The lowest BCUT2D eigenvalue weighted by Crippen LogP contribution is -2.45. The summed E-state index contributed by atoms with van der Waals surface area (Å²) >= 11 is 0. The highest BCUT2D eigenvalue weighted by Crippen LogP contribution is 2.43. The summed E-state index contributed by atoms with van der Waals surface area (Å²) in [6.07, 6.45) is 77.0. The molecule has 450 valence electrons. The normalized spacial score (nSPS) is 13.9. The maximum absolute atomic E-state index is 13.0. The fourth-order valence-corrected chi connectivity index (χ4v) is 10.9. The molecule has 0 saturated carbocycles. The predicted molar refractivity (Wildman–Crippen MR) is 332 cm³/mol. The number of rotatable bonds is 62. The van der Waals surface area contributed by atoms with E-state index in [2.05, 4.69) is 43.5 Å². The van der Waals surface area contributed by atoms with Crippen LogP contribution >= 0.6 is 7.82 Å². The summed E-state index contributed by atoms with van der Waals surface area (Å²) in [5.74, 6) is -0.170. The van der Waals surface area contributed by atoms with Crippen molar-refractivity contribution in [3.8, 4) is 0 Å². The molecule has 1 amide bonds. The van der Waals surface area contributed by atoms with Crippen LogP contribution in [0.5, 0.6) is 0 Å². The summed E-state index contributed by atoms with van der Waals surface area (Å²) < 4.78 is 23.8. The Morgan fingerprint density at radius 3 is 1.08 bits per heavy atom. The maximum atomic E-state index is 13.0. The van der Waals surface area contributed by atoms with E-state index in [9.17, 15) is 19.4 Å². The fraction of sp³-hybridized carbons (Fsp3) is 0.896. The topological polar surface area (TPSA) is 105 Å². The molecule has 0 aromatic rings. The average Bonchev–Trinajstić information content (AvgIpc) is 3.38. The van der Waals surface area contributed by atoms with E-state index in [0.717, 1.165) is 38.5 Å². The molecule has 8 nitrogen and oxygen atoms in total. The summed E-state index contributed by atoms with van der Waals surface area (Å²) in [7, 11) is 1.59. The monoisotopic (exact) mass is 1090 g/mol. The molecular formula is C67H132N2O6P+. The number of phosphoric acid groups is 1. The Bertz CT molecular complexity index is 1330. The Balaban J connectivity index is 4.06. The third kappa shape index (κ3) is 60.4. The van der Waals surface area contributed by atoms with Crippen LogP contribution in [0.15, 0.2) is 36.5 Å². The largest absolute Gasteiger partial charge is 0.472 e. The Morgan fingerprint density at radius 2 is 0.750 bits per heavy atom. The van der Waals surface area contributed by atoms with Crippen LogP contribution in [0.3, 0.4) is 0 Å². The molecule has 76 heavy (non-hydrogen) atoms. The van der Waals surface area contributed by atoms with Gasteiger partial charge in [0.15, 0.2) is 0 Å². The lowest BCUT2D eigenvalue weighted by Gasteiger charge is -2.25. The molecule has 3 N–H and O–H groups in total. The van der Waals surface area contributed by atoms with Crippen molar-refractivity contribution in [2.45, 2.75) is 347 Å². The van der Waals surface area contributed by atoms with E-state index >= 15 is 0 Å². The second-order valence-electron chi connectivity index (χ2n) is 24.2. The molecule has 0 fully saturated rings. The van der Waals surface area contributed by atoms with Crippen molar-refractivity contribution >= 4 is 13.7 Å². The molecule has 0 heterocycles. The minimum atomic E-state index is -4.35. The van der Waals surface area contributed by atoms with Gasteiger partial charge in [0.1, 0.15) is 13.2 Å². The Labute approximate surface area is 474 Å². The number of nitrogens with zero attached hydrogens (tertiary/aromatic N) is 1. The third-order valence-corrected chi connectivity index (χ3v) is 16.3. The van der Waals surface area contributed by atoms with Crippen LogP contribution in [0.2, 0.25) is 0 Å². The van der Waals surface area contributed by atoms with Crippen molar-refractivity contribution in [3.63, 3.8) is 0 Å². The molecule has 0 saturated heterocycles. The first kappa shape index (κ1) is 74.7. The number of likely N-dealkylation sites (N-methyl/N-ethyl adjacent to an activating group) is 1. The van der Waals surface area contributed by atoms with E-state index in [1.807, 2.05) is 27.2 Å². The zero-order valence-electron chi connectivity index (χ0n) is 51.5. The number of hydrogen-bond acceptors (Lipinski definition) is 5. The SMILES string of the molecule is CCCCCCC/C=C\C/C=C\CCCCCCCCCCCCCCCCCCCCCC(=O)NC(COP(=O)(O)OCC[N+](C)(C)C)C(O)/C=C/CCCCCCCCCCCCCCCCCCCCCCC. The molecule has 0 aliphatic rings. The summed E-state index contributed by atoms with van der Waals surface area (Å²) in [5, 5.41) is 14.0. The number of quaternary nitrogens is 1. The number of carbonyl (C=O) groups excluding carboxylic acids is 1. The van der Waals surface area contributed by atoms with Crippen LogP contribution in [0.1, 0.15) is 335 Å². The van der Waals surface area contributed by atoms with E-state index in [1.165, 1.54) is 276 Å². The standard InChI is InChI=1S/C67H131N2O6P/c1-6-8-10-12-14-16-18-20-22-24-26-28-30-31-32-33-34-35-36-37-39-41-43-45-47-49-51-53-55-57-59-61-67(71)68-65(64-75-76(72,73)74-63-62-69(3,4)5)66(70)60-58-56-54-52-50-48-46-44-42-40-38-29-27-25-23-21-19-17-15-13-11-9-7-2/h18,20,24,26,58,60,65-66,70H,6-17,19,21-23,25,27-57,59,61-64H2,1-5H3,(H-,68,71,72,73)/p+1/b20-18-,26-24-,60-58+. The number of carbonyl (C=O) groups is 1. The fourth-order valence-electron chi connectivity index (χ4n) is 10.1. The molecule has 0 aliphatic carbocycles. The molecule has 3 unspecified atom stereocenters. The highest BCUT2D eigenvalue weighted by Gasteiger charge is 2.28. The van der Waals surface area contributed by atoms with Crippen molar-refractivity contribution in [1.82, 2.24) is 5.32 Å².